The lowest BCUT2D eigenvalue weighted by Gasteiger charge is -2.27. The summed E-state index contributed by atoms with van der Waals surface area (Å²) in [6.45, 7) is 6.13. The Labute approximate surface area is 125 Å². The molecular formula is C17H34N2O. The Hall–Kier alpha value is -0.570. The summed E-state index contributed by atoms with van der Waals surface area (Å²) >= 11 is 0. The van der Waals surface area contributed by atoms with Crippen LogP contribution < -0.4 is 11.1 Å². The van der Waals surface area contributed by atoms with Gasteiger partial charge in [0.25, 0.3) is 0 Å². The summed E-state index contributed by atoms with van der Waals surface area (Å²) in [5.41, 5.74) is 5.71. The van der Waals surface area contributed by atoms with Crippen molar-refractivity contribution < 1.29 is 4.79 Å². The van der Waals surface area contributed by atoms with Crippen LogP contribution in [-0.4, -0.2) is 19.0 Å². The zero-order valence-corrected chi connectivity index (χ0v) is 13.5. The van der Waals surface area contributed by atoms with Crippen LogP contribution in [0.1, 0.15) is 71.6 Å². The molecule has 0 saturated heterocycles. The fourth-order valence-electron chi connectivity index (χ4n) is 3.21. The molecule has 0 heterocycles. The number of nitrogens with one attached hydrogen (secondary N) is 1. The Morgan fingerprint density at radius 3 is 2.40 bits per heavy atom. The summed E-state index contributed by atoms with van der Waals surface area (Å²) in [6.07, 6.45) is 10.4. The van der Waals surface area contributed by atoms with Crippen LogP contribution in [0.15, 0.2) is 0 Å². The zero-order valence-electron chi connectivity index (χ0n) is 13.5. The Kier molecular flexibility index (Phi) is 8.92. The highest BCUT2D eigenvalue weighted by atomic mass is 16.1. The van der Waals surface area contributed by atoms with E-state index in [9.17, 15) is 4.79 Å². The third-order valence-electron chi connectivity index (χ3n) is 4.90. The van der Waals surface area contributed by atoms with E-state index in [1.807, 2.05) is 0 Å². The number of hydrogen-bond donors (Lipinski definition) is 2. The summed E-state index contributed by atoms with van der Waals surface area (Å²) in [5, 5.41) is 3.15. The first kappa shape index (κ1) is 17.5. The predicted octanol–water partition coefficient (Wildman–Crippen LogP) is 3.47. The molecule has 0 bridgehead atoms. The average Bonchev–Trinajstić information content (AvgIpc) is 2.48. The first-order valence-corrected chi connectivity index (χ1v) is 8.66. The molecule has 0 radical (unpaired) electrons. The van der Waals surface area contributed by atoms with Gasteiger partial charge in [0.1, 0.15) is 0 Å². The summed E-state index contributed by atoms with van der Waals surface area (Å²) < 4.78 is 0. The van der Waals surface area contributed by atoms with Crippen LogP contribution in [0.25, 0.3) is 0 Å². The smallest absolute Gasteiger partial charge is 0.220 e. The molecule has 0 aliphatic heterocycles. The molecule has 0 aromatic carbocycles. The van der Waals surface area contributed by atoms with E-state index < -0.39 is 0 Å². The molecule has 1 aliphatic carbocycles. The highest BCUT2D eigenvalue weighted by molar-refractivity contribution is 5.76. The number of unbranched alkanes of at least 4 members (excludes halogenated alkanes) is 1. The second-order valence-corrected chi connectivity index (χ2v) is 6.55. The van der Waals surface area contributed by atoms with Crippen LogP contribution in [0.2, 0.25) is 0 Å². The quantitative estimate of drug-likeness (QED) is 0.680. The Balaban J connectivity index is 2.16. The topological polar surface area (TPSA) is 55.1 Å². The van der Waals surface area contributed by atoms with Gasteiger partial charge in [-0.2, -0.15) is 0 Å². The largest absolute Gasteiger partial charge is 0.356 e. The molecular weight excluding hydrogens is 248 g/mol. The SMILES string of the molecule is CCCCC(CC)CNC(=O)CC1CCC(CN)CC1. The molecule has 1 atom stereocenters. The van der Waals surface area contributed by atoms with Gasteiger partial charge < -0.3 is 11.1 Å². The number of carbonyl (C=O) groups excluding carboxylic acids is 1. The van der Waals surface area contributed by atoms with Gasteiger partial charge in [0, 0.05) is 13.0 Å². The van der Waals surface area contributed by atoms with E-state index in [2.05, 4.69) is 19.2 Å². The maximum atomic E-state index is 12.0. The van der Waals surface area contributed by atoms with Gasteiger partial charge in [-0.3, -0.25) is 4.79 Å². The first-order valence-electron chi connectivity index (χ1n) is 8.66. The van der Waals surface area contributed by atoms with Crippen molar-refractivity contribution in [3.05, 3.63) is 0 Å². The number of rotatable bonds is 9. The fourth-order valence-corrected chi connectivity index (χ4v) is 3.21. The monoisotopic (exact) mass is 282 g/mol. The van der Waals surface area contributed by atoms with E-state index in [0.29, 0.717) is 17.8 Å². The molecule has 1 unspecified atom stereocenters. The molecule has 1 saturated carbocycles. The van der Waals surface area contributed by atoms with Crippen molar-refractivity contribution in [3.63, 3.8) is 0 Å². The molecule has 1 fully saturated rings. The molecule has 118 valence electrons. The van der Waals surface area contributed by atoms with E-state index in [0.717, 1.165) is 19.5 Å². The van der Waals surface area contributed by atoms with Crippen molar-refractivity contribution >= 4 is 5.91 Å². The molecule has 1 aliphatic rings. The Morgan fingerprint density at radius 1 is 1.20 bits per heavy atom. The second-order valence-electron chi connectivity index (χ2n) is 6.55. The highest BCUT2D eigenvalue weighted by Gasteiger charge is 2.22. The standard InChI is InChI=1S/C17H34N2O/c1-3-5-6-14(4-2)13-19-17(20)11-15-7-9-16(12-18)10-8-15/h14-16H,3-13,18H2,1-2H3,(H,19,20). The minimum Gasteiger partial charge on any atom is -0.356 e. The first-order chi connectivity index (χ1) is 9.69. The minimum atomic E-state index is 0.260. The number of hydrogen-bond acceptors (Lipinski definition) is 2. The fraction of sp³-hybridized carbons (Fsp3) is 0.941. The maximum Gasteiger partial charge on any atom is 0.220 e. The molecule has 3 heteroatoms. The van der Waals surface area contributed by atoms with E-state index >= 15 is 0 Å². The number of amides is 1. The van der Waals surface area contributed by atoms with Crippen LogP contribution in [0.4, 0.5) is 0 Å². The summed E-state index contributed by atoms with van der Waals surface area (Å²) in [7, 11) is 0. The molecule has 20 heavy (non-hydrogen) atoms. The van der Waals surface area contributed by atoms with Crippen molar-refractivity contribution in [2.45, 2.75) is 71.6 Å². The third-order valence-corrected chi connectivity index (χ3v) is 4.90. The Morgan fingerprint density at radius 2 is 1.85 bits per heavy atom. The minimum absolute atomic E-state index is 0.260. The summed E-state index contributed by atoms with van der Waals surface area (Å²) in [6, 6.07) is 0. The van der Waals surface area contributed by atoms with Gasteiger partial charge >= 0.3 is 0 Å². The lowest BCUT2D eigenvalue weighted by molar-refractivity contribution is -0.122. The summed E-state index contributed by atoms with van der Waals surface area (Å²) in [4.78, 5) is 12.0. The molecule has 1 rings (SSSR count). The van der Waals surface area contributed by atoms with Gasteiger partial charge in [-0.05, 0) is 56.4 Å². The molecule has 3 N–H and O–H groups in total. The van der Waals surface area contributed by atoms with E-state index in [1.54, 1.807) is 0 Å². The molecule has 0 aromatic heterocycles. The normalized spacial score (nSPS) is 24.4. The van der Waals surface area contributed by atoms with E-state index in [4.69, 9.17) is 5.73 Å². The van der Waals surface area contributed by atoms with Gasteiger partial charge in [0.2, 0.25) is 5.91 Å². The average molecular weight is 282 g/mol. The molecule has 0 aromatic rings. The Bertz CT molecular complexity index is 260. The van der Waals surface area contributed by atoms with E-state index in [1.165, 1.54) is 51.4 Å². The molecule has 3 nitrogen and oxygen atoms in total. The van der Waals surface area contributed by atoms with Crippen LogP contribution >= 0.6 is 0 Å². The summed E-state index contributed by atoms with van der Waals surface area (Å²) in [5.74, 6) is 2.21. The van der Waals surface area contributed by atoms with Gasteiger partial charge in [-0.25, -0.2) is 0 Å². The van der Waals surface area contributed by atoms with Crippen molar-refractivity contribution in [2.75, 3.05) is 13.1 Å². The van der Waals surface area contributed by atoms with E-state index in [-0.39, 0.29) is 5.91 Å². The third kappa shape index (κ3) is 6.74. The van der Waals surface area contributed by atoms with Crippen LogP contribution in [0, 0.1) is 17.8 Å². The van der Waals surface area contributed by atoms with Crippen molar-refractivity contribution in [1.29, 1.82) is 0 Å². The zero-order chi connectivity index (χ0) is 14.8. The number of carbonyl (C=O) groups is 1. The maximum absolute atomic E-state index is 12.0. The second kappa shape index (κ2) is 10.2. The van der Waals surface area contributed by atoms with Gasteiger partial charge in [0.05, 0.1) is 0 Å². The van der Waals surface area contributed by atoms with Gasteiger partial charge in [0.15, 0.2) is 0 Å². The van der Waals surface area contributed by atoms with Gasteiger partial charge in [-0.1, -0.05) is 33.1 Å². The van der Waals surface area contributed by atoms with Crippen molar-refractivity contribution in [3.8, 4) is 0 Å². The van der Waals surface area contributed by atoms with Gasteiger partial charge in [-0.15, -0.1) is 0 Å². The lowest BCUT2D eigenvalue weighted by atomic mass is 9.80. The lowest BCUT2D eigenvalue weighted by Crippen LogP contribution is -2.31. The predicted molar refractivity (Wildman–Crippen MR) is 85.4 cm³/mol. The van der Waals surface area contributed by atoms with Crippen molar-refractivity contribution in [2.24, 2.45) is 23.5 Å². The number of nitrogens with two attached hydrogens (primary N) is 1. The highest BCUT2D eigenvalue weighted by Crippen LogP contribution is 2.30. The van der Waals surface area contributed by atoms with Crippen LogP contribution in [0.3, 0.4) is 0 Å². The van der Waals surface area contributed by atoms with Crippen LogP contribution in [-0.2, 0) is 4.79 Å². The van der Waals surface area contributed by atoms with Crippen molar-refractivity contribution in [1.82, 2.24) is 5.32 Å². The molecule has 0 spiro atoms. The molecule has 1 amide bonds. The van der Waals surface area contributed by atoms with Crippen LogP contribution in [0.5, 0.6) is 0 Å².